The summed E-state index contributed by atoms with van der Waals surface area (Å²) in [5, 5.41) is 3.55. The van der Waals surface area contributed by atoms with E-state index in [4.69, 9.17) is 17.3 Å². The molecule has 4 aromatic rings. The number of nitrogen functional groups attached to an aromatic ring is 1. The van der Waals surface area contributed by atoms with Crippen LogP contribution >= 0.6 is 11.6 Å². The molecular weight excluding hydrogens is 486 g/mol. The molecule has 4 N–H and O–H groups in total. The number of nitrogens with one attached hydrogen (secondary N) is 2. The number of H-pyrrole nitrogens is 1. The average Bonchev–Trinajstić information content (AvgIpc) is 3.54. The van der Waals surface area contributed by atoms with E-state index in [2.05, 4.69) is 27.4 Å². The molecule has 1 aromatic heterocycles. The Hall–Kier alpha value is -3.84. The van der Waals surface area contributed by atoms with E-state index >= 15 is 0 Å². The molecule has 1 aliphatic rings. The molecule has 0 bridgehead atoms. The number of benzene rings is 3. The van der Waals surface area contributed by atoms with Crippen molar-refractivity contribution >= 4 is 40.1 Å². The van der Waals surface area contributed by atoms with Crippen LogP contribution in [0.1, 0.15) is 64.3 Å². The minimum absolute atomic E-state index is 0.0747. The lowest BCUT2D eigenvalue weighted by molar-refractivity contribution is 0.0731. The van der Waals surface area contributed by atoms with E-state index < -0.39 is 0 Å². The molecule has 0 spiro atoms. The molecule has 1 saturated heterocycles. The van der Waals surface area contributed by atoms with Crippen LogP contribution < -0.4 is 11.1 Å². The van der Waals surface area contributed by atoms with Gasteiger partial charge in [-0.25, -0.2) is 4.98 Å². The first kappa shape index (κ1) is 24.8. The molecule has 8 heteroatoms. The first-order valence-corrected chi connectivity index (χ1v) is 13.0. The third kappa shape index (κ3) is 5.47. The number of fused-ring (bicyclic) bond motifs is 1. The summed E-state index contributed by atoms with van der Waals surface area (Å²) < 4.78 is 0. The molecule has 2 heterocycles. The summed E-state index contributed by atoms with van der Waals surface area (Å²) in [6.45, 7) is 2.57. The number of likely N-dealkylation sites (tertiary alicyclic amines) is 1. The van der Waals surface area contributed by atoms with Gasteiger partial charge in [0.15, 0.2) is 0 Å². The number of imidazole rings is 1. The summed E-state index contributed by atoms with van der Waals surface area (Å²) in [4.78, 5) is 36.0. The molecule has 7 nitrogen and oxygen atoms in total. The van der Waals surface area contributed by atoms with Crippen molar-refractivity contribution in [1.29, 1.82) is 0 Å². The number of aryl methyl sites for hydroxylation is 1. The van der Waals surface area contributed by atoms with E-state index in [0.717, 1.165) is 43.3 Å². The Morgan fingerprint density at radius 2 is 1.97 bits per heavy atom. The average molecular weight is 516 g/mol. The van der Waals surface area contributed by atoms with Gasteiger partial charge in [-0.05, 0) is 74.6 Å². The van der Waals surface area contributed by atoms with Crippen molar-refractivity contribution in [2.45, 2.75) is 44.7 Å². The summed E-state index contributed by atoms with van der Waals surface area (Å²) >= 11 is 6.06. The summed E-state index contributed by atoms with van der Waals surface area (Å²) in [7, 11) is 0. The van der Waals surface area contributed by atoms with Crippen LogP contribution in [-0.2, 0) is 6.42 Å². The molecule has 0 saturated carbocycles. The minimum atomic E-state index is -0.365. The van der Waals surface area contributed by atoms with Gasteiger partial charge in [0.05, 0.1) is 22.6 Å². The summed E-state index contributed by atoms with van der Waals surface area (Å²) in [6.07, 6.45) is 3.82. The highest BCUT2D eigenvalue weighted by atomic mass is 35.5. The first-order chi connectivity index (χ1) is 17.9. The van der Waals surface area contributed by atoms with Crippen LogP contribution in [0.25, 0.3) is 11.0 Å². The second-order valence-electron chi connectivity index (χ2n) is 9.60. The van der Waals surface area contributed by atoms with Crippen LogP contribution in [0.2, 0.25) is 5.02 Å². The van der Waals surface area contributed by atoms with E-state index in [1.54, 1.807) is 30.3 Å². The number of anilines is 1. The van der Waals surface area contributed by atoms with Crippen molar-refractivity contribution in [1.82, 2.24) is 20.2 Å². The quantitative estimate of drug-likeness (QED) is 0.281. The summed E-state index contributed by atoms with van der Waals surface area (Å²) in [5.41, 5.74) is 10.3. The van der Waals surface area contributed by atoms with Gasteiger partial charge in [-0.2, -0.15) is 0 Å². The maximum absolute atomic E-state index is 13.4. The number of hydrogen-bond donors (Lipinski definition) is 3. The van der Waals surface area contributed by atoms with Gasteiger partial charge in [-0.15, -0.1) is 0 Å². The fourth-order valence-electron chi connectivity index (χ4n) is 4.99. The number of nitrogens with zero attached hydrogens (tertiary/aromatic N) is 2. The highest BCUT2D eigenvalue weighted by molar-refractivity contribution is 6.31. The lowest BCUT2D eigenvalue weighted by atomic mass is 10.0. The zero-order valence-corrected chi connectivity index (χ0v) is 21.5. The van der Waals surface area contributed by atoms with Crippen molar-refractivity contribution in [3.8, 4) is 0 Å². The van der Waals surface area contributed by atoms with E-state index in [1.807, 2.05) is 36.1 Å². The number of carbonyl (C=O) groups is 2. The predicted molar refractivity (Wildman–Crippen MR) is 147 cm³/mol. The molecule has 37 heavy (non-hydrogen) atoms. The number of carbonyl (C=O) groups excluding carboxylic acids is 2. The predicted octanol–water partition coefficient (Wildman–Crippen LogP) is 5.53. The fourth-order valence-corrected chi connectivity index (χ4v) is 5.16. The molecule has 0 radical (unpaired) electrons. The summed E-state index contributed by atoms with van der Waals surface area (Å²) in [6, 6.07) is 20.4. The lowest BCUT2D eigenvalue weighted by Gasteiger charge is -2.25. The zero-order chi connectivity index (χ0) is 25.9. The maximum Gasteiger partial charge on any atom is 0.256 e. The normalized spacial score (nSPS) is 16.2. The molecule has 2 amide bonds. The van der Waals surface area contributed by atoms with Crippen molar-refractivity contribution in [3.63, 3.8) is 0 Å². The topological polar surface area (TPSA) is 104 Å². The Labute approximate surface area is 221 Å². The number of rotatable bonds is 7. The van der Waals surface area contributed by atoms with Gasteiger partial charge in [0, 0.05) is 28.9 Å². The van der Waals surface area contributed by atoms with Gasteiger partial charge in [0.25, 0.3) is 11.8 Å². The van der Waals surface area contributed by atoms with Gasteiger partial charge in [-0.3, -0.25) is 9.59 Å². The van der Waals surface area contributed by atoms with Crippen LogP contribution in [0.15, 0.2) is 66.7 Å². The van der Waals surface area contributed by atoms with E-state index in [-0.39, 0.29) is 23.9 Å². The molecule has 2 atom stereocenters. The Morgan fingerprint density at radius 1 is 1.16 bits per heavy atom. The van der Waals surface area contributed by atoms with Crippen molar-refractivity contribution < 1.29 is 9.59 Å². The van der Waals surface area contributed by atoms with Crippen LogP contribution in [0.4, 0.5) is 5.69 Å². The standard InChI is InChI=1S/C29H30ClN5O2/c1-18(27-33-25-14-11-21(30)17-26(25)34-27)32-28(36)20-10-13-23(24(31)16-20)29(37)35-15-5-8-22(35)12-9-19-6-3-2-4-7-19/h2-4,6-7,10-11,13-14,16-18,22H,5,8-9,12,15,31H2,1H3,(H,32,36)(H,33,34). The van der Waals surface area contributed by atoms with Crippen LogP contribution in [0.5, 0.6) is 0 Å². The van der Waals surface area contributed by atoms with Crippen molar-refractivity contribution in [2.24, 2.45) is 0 Å². The number of halogens is 1. The number of nitrogens with two attached hydrogens (primary N) is 1. The molecule has 190 valence electrons. The van der Waals surface area contributed by atoms with Gasteiger partial charge in [0.1, 0.15) is 5.82 Å². The Morgan fingerprint density at radius 3 is 2.76 bits per heavy atom. The molecule has 1 aliphatic heterocycles. The lowest BCUT2D eigenvalue weighted by Crippen LogP contribution is -2.36. The molecular formula is C29H30ClN5O2. The van der Waals surface area contributed by atoms with Gasteiger partial charge < -0.3 is 20.9 Å². The van der Waals surface area contributed by atoms with E-state index in [1.165, 1.54) is 5.56 Å². The SMILES string of the molecule is CC(NC(=O)c1ccc(C(=O)N2CCCC2CCc2ccccc2)c(N)c1)c1nc2ccc(Cl)cc2[nH]1. The van der Waals surface area contributed by atoms with E-state index in [0.29, 0.717) is 27.7 Å². The number of aromatic amines is 1. The van der Waals surface area contributed by atoms with Crippen LogP contribution in [0, 0.1) is 0 Å². The smallest absolute Gasteiger partial charge is 0.256 e. The van der Waals surface area contributed by atoms with Crippen LogP contribution in [0.3, 0.4) is 0 Å². The highest BCUT2D eigenvalue weighted by Crippen LogP contribution is 2.27. The fraction of sp³-hybridized carbons (Fsp3) is 0.276. The van der Waals surface area contributed by atoms with Crippen molar-refractivity contribution in [2.75, 3.05) is 12.3 Å². The Bertz CT molecular complexity index is 1440. The maximum atomic E-state index is 13.4. The number of aromatic nitrogens is 2. The number of hydrogen-bond acceptors (Lipinski definition) is 4. The minimum Gasteiger partial charge on any atom is -0.398 e. The number of amides is 2. The van der Waals surface area contributed by atoms with Gasteiger partial charge in [-0.1, -0.05) is 41.9 Å². The highest BCUT2D eigenvalue weighted by Gasteiger charge is 2.30. The molecule has 2 unspecified atom stereocenters. The monoisotopic (exact) mass is 515 g/mol. The largest absolute Gasteiger partial charge is 0.398 e. The molecule has 1 fully saturated rings. The first-order valence-electron chi connectivity index (χ1n) is 12.6. The van der Waals surface area contributed by atoms with Gasteiger partial charge in [0.2, 0.25) is 0 Å². The van der Waals surface area contributed by atoms with Gasteiger partial charge >= 0.3 is 0 Å². The second kappa shape index (κ2) is 10.6. The molecule has 3 aromatic carbocycles. The third-order valence-electron chi connectivity index (χ3n) is 7.01. The van der Waals surface area contributed by atoms with Crippen molar-refractivity contribution in [3.05, 3.63) is 94.3 Å². The molecule has 0 aliphatic carbocycles. The molecule has 5 rings (SSSR count). The third-order valence-corrected chi connectivity index (χ3v) is 7.25. The van der Waals surface area contributed by atoms with E-state index in [9.17, 15) is 9.59 Å². The Kier molecular flexibility index (Phi) is 7.15. The summed E-state index contributed by atoms with van der Waals surface area (Å²) in [5.74, 6) is 0.258. The second-order valence-corrected chi connectivity index (χ2v) is 10.0. The van der Waals surface area contributed by atoms with Crippen LogP contribution in [-0.4, -0.2) is 39.3 Å². The zero-order valence-electron chi connectivity index (χ0n) is 20.7. The Balaban J connectivity index is 1.24.